The fourth-order valence-electron chi connectivity index (χ4n) is 2.48. The van der Waals surface area contributed by atoms with Crippen molar-refractivity contribution < 1.29 is 18.7 Å². The van der Waals surface area contributed by atoms with Gasteiger partial charge in [-0.3, -0.25) is 14.6 Å². The van der Waals surface area contributed by atoms with E-state index >= 15 is 0 Å². The van der Waals surface area contributed by atoms with Crippen LogP contribution in [0.2, 0.25) is 0 Å². The number of esters is 1. The molecule has 1 heterocycles. The monoisotopic (exact) mass is 280 g/mol. The SMILES string of the molecule is COC(=O)CN(C(=O)c1cncc(F)c1)C1CCCC1. The maximum Gasteiger partial charge on any atom is 0.325 e. The predicted octanol–water partition coefficient (Wildman–Crippen LogP) is 1.78. The number of hydrogen-bond acceptors (Lipinski definition) is 4. The van der Waals surface area contributed by atoms with Crippen molar-refractivity contribution in [3.63, 3.8) is 0 Å². The molecule has 1 fully saturated rings. The number of carbonyl (C=O) groups excluding carboxylic acids is 2. The van der Waals surface area contributed by atoms with Crippen molar-refractivity contribution in [2.75, 3.05) is 13.7 Å². The summed E-state index contributed by atoms with van der Waals surface area (Å²) < 4.78 is 17.8. The quantitative estimate of drug-likeness (QED) is 0.789. The Morgan fingerprint density at radius 1 is 1.40 bits per heavy atom. The number of rotatable bonds is 4. The largest absolute Gasteiger partial charge is 0.468 e. The van der Waals surface area contributed by atoms with Crippen molar-refractivity contribution in [3.05, 3.63) is 29.8 Å². The molecule has 1 saturated carbocycles. The minimum absolute atomic E-state index is 0.00451. The van der Waals surface area contributed by atoms with E-state index in [0.717, 1.165) is 37.9 Å². The summed E-state index contributed by atoms with van der Waals surface area (Å²) in [4.78, 5) is 29.1. The maximum atomic E-state index is 13.2. The van der Waals surface area contributed by atoms with E-state index in [1.165, 1.54) is 18.2 Å². The number of pyridine rings is 1. The van der Waals surface area contributed by atoms with Crippen LogP contribution in [0.15, 0.2) is 18.5 Å². The molecule has 1 aromatic rings. The molecule has 0 aromatic carbocycles. The number of aromatic nitrogens is 1. The number of halogens is 1. The van der Waals surface area contributed by atoms with Gasteiger partial charge in [-0.2, -0.15) is 0 Å². The van der Waals surface area contributed by atoms with Crippen LogP contribution in [-0.2, 0) is 9.53 Å². The average Bonchev–Trinajstić information content (AvgIpc) is 2.97. The Bertz CT molecular complexity index is 501. The topological polar surface area (TPSA) is 59.5 Å². The molecule has 0 saturated heterocycles. The summed E-state index contributed by atoms with van der Waals surface area (Å²) in [6.45, 7) is -0.115. The van der Waals surface area contributed by atoms with Crippen LogP contribution in [0.25, 0.3) is 0 Å². The predicted molar refractivity (Wildman–Crippen MR) is 69.5 cm³/mol. The van der Waals surface area contributed by atoms with Gasteiger partial charge in [0.2, 0.25) is 0 Å². The van der Waals surface area contributed by atoms with E-state index in [1.54, 1.807) is 0 Å². The van der Waals surface area contributed by atoms with E-state index in [-0.39, 0.29) is 24.1 Å². The summed E-state index contributed by atoms with van der Waals surface area (Å²) in [5.41, 5.74) is 0.154. The van der Waals surface area contributed by atoms with Crippen LogP contribution >= 0.6 is 0 Å². The molecule has 0 radical (unpaired) electrons. The first-order valence-electron chi connectivity index (χ1n) is 6.60. The molecular weight excluding hydrogens is 263 g/mol. The molecule has 0 aliphatic heterocycles. The van der Waals surface area contributed by atoms with Gasteiger partial charge in [0.1, 0.15) is 12.4 Å². The van der Waals surface area contributed by atoms with Gasteiger partial charge in [-0.05, 0) is 18.9 Å². The van der Waals surface area contributed by atoms with Gasteiger partial charge >= 0.3 is 5.97 Å². The fraction of sp³-hybridized carbons (Fsp3) is 0.500. The van der Waals surface area contributed by atoms with Gasteiger partial charge in [-0.15, -0.1) is 0 Å². The summed E-state index contributed by atoms with van der Waals surface area (Å²) in [5, 5.41) is 0. The Labute approximate surface area is 116 Å². The van der Waals surface area contributed by atoms with Crippen molar-refractivity contribution in [3.8, 4) is 0 Å². The average molecular weight is 280 g/mol. The van der Waals surface area contributed by atoms with E-state index < -0.39 is 11.8 Å². The first-order chi connectivity index (χ1) is 9.61. The van der Waals surface area contributed by atoms with Crippen LogP contribution in [0.3, 0.4) is 0 Å². The summed E-state index contributed by atoms with van der Waals surface area (Å²) in [7, 11) is 1.28. The number of nitrogens with zero attached hydrogens (tertiary/aromatic N) is 2. The Morgan fingerprint density at radius 2 is 2.10 bits per heavy atom. The van der Waals surface area contributed by atoms with Crippen LogP contribution < -0.4 is 0 Å². The van der Waals surface area contributed by atoms with Crippen molar-refractivity contribution in [1.82, 2.24) is 9.88 Å². The van der Waals surface area contributed by atoms with Gasteiger partial charge in [-0.25, -0.2) is 4.39 Å². The van der Waals surface area contributed by atoms with Gasteiger partial charge < -0.3 is 9.64 Å². The molecule has 0 unspecified atom stereocenters. The van der Waals surface area contributed by atoms with Crippen LogP contribution in [-0.4, -0.2) is 41.5 Å². The van der Waals surface area contributed by atoms with E-state index in [0.29, 0.717) is 0 Å². The lowest BCUT2D eigenvalue weighted by Crippen LogP contribution is -2.42. The fourth-order valence-corrected chi connectivity index (χ4v) is 2.48. The zero-order chi connectivity index (χ0) is 14.5. The van der Waals surface area contributed by atoms with Crippen molar-refractivity contribution in [2.24, 2.45) is 0 Å². The summed E-state index contributed by atoms with van der Waals surface area (Å²) >= 11 is 0. The molecule has 1 amide bonds. The number of hydrogen-bond donors (Lipinski definition) is 0. The van der Waals surface area contributed by atoms with Crippen LogP contribution in [0, 0.1) is 5.82 Å². The summed E-state index contributed by atoms with van der Waals surface area (Å²) in [6.07, 6.45) is 6.10. The number of ether oxygens (including phenoxy) is 1. The lowest BCUT2D eigenvalue weighted by Gasteiger charge is -2.27. The molecule has 0 spiro atoms. The molecule has 1 aliphatic carbocycles. The van der Waals surface area contributed by atoms with Crippen LogP contribution in [0.4, 0.5) is 4.39 Å². The third-order valence-corrected chi connectivity index (χ3v) is 3.51. The smallest absolute Gasteiger partial charge is 0.325 e. The highest BCUT2D eigenvalue weighted by atomic mass is 19.1. The second-order valence-corrected chi connectivity index (χ2v) is 4.84. The molecule has 5 nitrogen and oxygen atoms in total. The normalized spacial score (nSPS) is 15.1. The highest BCUT2D eigenvalue weighted by Gasteiger charge is 2.29. The molecule has 108 valence electrons. The van der Waals surface area contributed by atoms with Gasteiger partial charge in [0.25, 0.3) is 5.91 Å². The Kier molecular flexibility index (Phi) is 4.65. The van der Waals surface area contributed by atoms with E-state index in [2.05, 4.69) is 9.72 Å². The highest BCUT2D eigenvalue weighted by Crippen LogP contribution is 2.25. The second-order valence-electron chi connectivity index (χ2n) is 4.84. The minimum Gasteiger partial charge on any atom is -0.468 e. The molecule has 2 rings (SSSR count). The minimum atomic E-state index is -0.569. The van der Waals surface area contributed by atoms with Gasteiger partial charge in [-0.1, -0.05) is 12.8 Å². The first-order valence-corrected chi connectivity index (χ1v) is 6.60. The van der Waals surface area contributed by atoms with Crippen LogP contribution in [0.1, 0.15) is 36.0 Å². The van der Waals surface area contributed by atoms with Crippen molar-refractivity contribution in [1.29, 1.82) is 0 Å². The lowest BCUT2D eigenvalue weighted by molar-refractivity contribution is -0.141. The Balaban J connectivity index is 2.20. The van der Waals surface area contributed by atoms with Gasteiger partial charge in [0.05, 0.1) is 18.9 Å². The standard InChI is InChI=1S/C14H17FN2O3/c1-20-13(18)9-17(12-4-2-3-5-12)14(19)10-6-11(15)8-16-7-10/h6-8,12H,2-5,9H2,1H3. The van der Waals surface area contributed by atoms with Crippen LogP contribution in [0.5, 0.6) is 0 Å². The van der Waals surface area contributed by atoms with Crippen molar-refractivity contribution in [2.45, 2.75) is 31.7 Å². The molecule has 6 heteroatoms. The van der Waals surface area contributed by atoms with E-state index in [9.17, 15) is 14.0 Å². The highest BCUT2D eigenvalue weighted by molar-refractivity contribution is 5.96. The van der Waals surface area contributed by atoms with Gasteiger partial charge in [0, 0.05) is 12.2 Å². The molecule has 20 heavy (non-hydrogen) atoms. The zero-order valence-electron chi connectivity index (χ0n) is 11.3. The molecular formula is C14H17FN2O3. The molecule has 0 N–H and O–H groups in total. The third kappa shape index (κ3) is 3.31. The van der Waals surface area contributed by atoms with E-state index in [4.69, 9.17) is 0 Å². The second kappa shape index (κ2) is 6.45. The maximum absolute atomic E-state index is 13.2. The zero-order valence-corrected chi connectivity index (χ0v) is 11.3. The van der Waals surface area contributed by atoms with Gasteiger partial charge in [0.15, 0.2) is 0 Å². The molecule has 0 bridgehead atoms. The molecule has 1 aromatic heterocycles. The number of amides is 1. The summed E-state index contributed by atoms with van der Waals surface area (Å²) in [5.74, 6) is -1.43. The lowest BCUT2D eigenvalue weighted by atomic mass is 10.1. The summed E-state index contributed by atoms with van der Waals surface area (Å²) in [6, 6.07) is 1.14. The molecule has 0 atom stereocenters. The van der Waals surface area contributed by atoms with E-state index in [1.807, 2.05) is 0 Å². The first kappa shape index (κ1) is 14.4. The number of carbonyl (C=O) groups is 2. The third-order valence-electron chi connectivity index (χ3n) is 3.51. The molecule has 1 aliphatic rings. The van der Waals surface area contributed by atoms with Crippen molar-refractivity contribution >= 4 is 11.9 Å². The number of methoxy groups -OCH3 is 1. The Morgan fingerprint density at radius 3 is 2.70 bits per heavy atom. The Hall–Kier alpha value is -1.98.